The van der Waals surface area contributed by atoms with Gasteiger partial charge in [-0.3, -0.25) is 0 Å². The molecule has 1 atom stereocenters. The topological polar surface area (TPSA) is 23.5 Å². The van der Waals surface area contributed by atoms with E-state index >= 15 is 0 Å². The molecule has 1 aliphatic rings. The zero-order valence-corrected chi connectivity index (χ0v) is 15.3. The van der Waals surface area contributed by atoms with E-state index < -0.39 is 0 Å². The summed E-state index contributed by atoms with van der Waals surface area (Å²) < 4.78 is 0. The van der Waals surface area contributed by atoms with Gasteiger partial charge in [0.25, 0.3) is 0 Å². The molecule has 1 saturated heterocycles. The Labute approximate surface area is 159 Å². The summed E-state index contributed by atoms with van der Waals surface area (Å²) in [4.78, 5) is 2.41. The summed E-state index contributed by atoms with van der Waals surface area (Å²) in [6, 6.07) is 30.2. The van der Waals surface area contributed by atoms with E-state index in [1.54, 1.807) is 0 Å². The lowest BCUT2D eigenvalue weighted by Gasteiger charge is -2.39. The fourth-order valence-electron chi connectivity index (χ4n) is 4.63. The second kappa shape index (κ2) is 6.40. The van der Waals surface area contributed by atoms with Crippen LogP contribution in [-0.4, -0.2) is 18.3 Å². The van der Waals surface area contributed by atoms with Crippen molar-refractivity contribution >= 4 is 27.2 Å². The van der Waals surface area contributed by atoms with Gasteiger partial charge in [-0.15, -0.1) is 0 Å². The maximum absolute atomic E-state index is 10.5. The Kier molecular flexibility index (Phi) is 3.87. The third kappa shape index (κ3) is 2.60. The van der Waals surface area contributed by atoms with Gasteiger partial charge in [-0.25, -0.2) is 0 Å². The molecule has 4 aromatic rings. The lowest BCUT2D eigenvalue weighted by atomic mass is 9.86. The van der Waals surface area contributed by atoms with Gasteiger partial charge in [0.05, 0.1) is 12.1 Å². The number of fused-ring (bicyclic) bond motifs is 2. The molecule has 5 rings (SSSR count). The van der Waals surface area contributed by atoms with Gasteiger partial charge in [-0.1, -0.05) is 66.7 Å². The van der Waals surface area contributed by atoms with Crippen LogP contribution >= 0.6 is 0 Å². The Hall–Kier alpha value is -2.84. The molecule has 0 unspecified atom stereocenters. The lowest BCUT2D eigenvalue weighted by molar-refractivity contribution is 0.198. The van der Waals surface area contributed by atoms with Crippen LogP contribution in [0.5, 0.6) is 0 Å². The van der Waals surface area contributed by atoms with E-state index in [-0.39, 0.29) is 12.1 Å². The molecule has 1 N–H and O–H groups in total. The van der Waals surface area contributed by atoms with Crippen molar-refractivity contribution in [1.82, 2.24) is 0 Å². The van der Waals surface area contributed by atoms with Gasteiger partial charge in [0.2, 0.25) is 0 Å². The molecule has 0 bridgehead atoms. The average Bonchev–Trinajstić information content (AvgIpc) is 3.18. The number of nitrogens with zero attached hydrogens (tertiary/aromatic N) is 1. The van der Waals surface area contributed by atoms with Crippen LogP contribution in [-0.2, 0) is 5.54 Å². The first-order chi connectivity index (χ1) is 13.3. The van der Waals surface area contributed by atoms with E-state index in [0.717, 1.165) is 19.4 Å². The molecule has 1 aliphatic heterocycles. The Morgan fingerprint density at radius 1 is 0.741 bits per heavy atom. The largest absolute Gasteiger partial charge is 0.394 e. The van der Waals surface area contributed by atoms with Crippen LogP contribution in [0.15, 0.2) is 84.9 Å². The summed E-state index contributed by atoms with van der Waals surface area (Å²) in [5.41, 5.74) is 2.04. The molecule has 0 spiro atoms. The SMILES string of the molecule is OC[C@@]1(c2ccc3ccccc3c2)CCCN1c1ccc2ccccc2c1. The van der Waals surface area contributed by atoms with Crippen molar-refractivity contribution in [1.29, 1.82) is 0 Å². The van der Waals surface area contributed by atoms with Gasteiger partial charge in [0.15, 0.2) is 0 Å². The molecule has 0 saturated carbocycles. The molecule has 0 aromatic heterocycles. The molecule has 134 valence electrons. The van der Waals surface area contributed by atoms with E-state index in [9.17, 15) is 5.11 Å². The summed E-state index contributed by atoms with van der Waals surface area (Å²) in [7, 11) is 0. The van der Waals surface area contributed by atoms with Crippen LogP contribution in [0.25, 0.3) is 21.5 Å². The van der Waals surface area contributed by atoms with E-state index in [1.807, 2.05) is 0 Å². The first-order valence-corrected chi connectivity index (χ1v) is 9.67. The van der Waals surface area contributed by atoms with Crippen molar-refractivity contribution in [2.45, 2.75) is 18.4 Å². The lowest BCUT2D eigenvalue weighted by Crippen LogP contribution is -2.44. The fourth-order valence-corrected chi connectivity index (χ4v) is 4.63. The van der Waals surface area contributed by atoms with Gasteiger partial charge in [-0.05, 0) is 58.1 Å². The van der Waals surface area contributed by atoms with Crippen LogP contribution < -0.4 is 4.90 Å². The first kappa shape index (κ1) is 16.3. The molecule has 0 aliphatic carbocycles. The Morgan fingerprint density at radius 3 is 2.07 bits per heavy atom. The molecular weight excluding hydrogens is 330 g/mol. The summed E-state index contributed by atoms with van der Waals surface area (Å²) in [5.74, 6) is 0. The molecule has 27 heavy (non-hydrogen) atoms. The van der Waals surface area contributed by atoms with Crippen molar-refractivity contribution < 1.29 is 5.11 Å². The standard InChI is InChI=1S/C25H23NO/c27-18-25(23-12-10-19-6-1-3-8-21(19)16-23)14-5-15-26(25)24-13-11-20-7-2-4-9-22(20)17-24/h1-4,6-13,16-17,27H,5,14-15,18H2/t25-/m1/s1. The molecule has 1 heterocycles. The molecule has 2 heteroatoms. The zero-order valence-electron chi connectivity index (χ0n) is 15.3. The second-order valence-electron chi connectivity index (χ2n) is 7.54. The fraction of sp³-hybridized carbons (Fsp3) is 0.200. The Bertz CT molecular complexity index is 1120. The molecule has 4 aromatic carbocycles. The van der Waals surface area contributed by atoms with Gasteiger partial charge in [0, 0.05) is 12.2 Å². The van der Waals surface area contributed by atoms with Crippen LogP contribution in [0.2, 0.25) is 0 Å². The molecule has 0 radical (unpaired) electrons. The van der Waals surface area contributed by atoms with E-state index in [2.05, 4.69) is 89.8 Å². The summed E-state index contributed by atoms with van der Waals surface area (Å²) in [5, 5.41) is 15.5. The maximum Gasteiger partial charge on any atom is 0.0884 e. The van der Waals surface area contributed by atoms with Crippen molar-refractivity contribution in [3.8, 4) is 0 Å². The number of hydrogen-bond donors (Lipinski definition) is 1. The van der Waals surface area contributed by atoms with Crippen LogP contribution in [0, 0.1) is 0 Å². The van der Waals surface area contributed by atoms with E-state index in [0.29, 0.717) is 0 Å². The zero-order chi connectivity index (χ0) is 18.3. The van der Waals surface area contributed by atoms with Crippen LogP contribution in [0.3, 0.4) is 0 Å². The highest BCUT2D eigenvalue weighted by molar-refractivity contribution is 5.86. The van der Waals surface area contributed by atoms with Crippen LogP contribution in [0.1, 0.15) is 18.4 Å². The number of aliphatic hydroxyl groups is 1. The van der Waals surface area contributed by atoms with Crippen LogP contribution in [0.4, 0.5) is 5.69 Å². The third-order valence-corrected chi connectivity index (χ3v) is 6.08. The number of anilines is 1. The van der Waals surface area contributed by atoms with Crippen molar-refractivity contribution in [2.75, 3.05) is 18.1 Å². The molecule has 1 fully saturated rings. The van der Waals surface area contributed by atoms with Gasteiger partial charge in [0.1, 0.15) is 0 Å². The Morgan fingerprint density at radius 2 is 1.37 bits per heavy atom. The maximum atomic E-state index is 10.5. The van der Waals surface area contributed by atoms with Gasteiger partial charge < -0.3 is 10.0 Å². The predicted molar refractivity (Wildman–Crippen MR) is 113 cm³/mol. The van der Waals surface area contributed by atoms with Gasteiger partial charge in [-0.2, -0.15) is 0 Å². The average molecular weight is 353 g/mol. The van der Waals surface area contributed by atoms with Crippen molar-refractivity contribution in [2.24, 2.45) is 0 Å². The summed E-state index contributed by atoms with van der Waals surface area (Å²) >= 11 is 0. The first-order valence-electron chi connectivity index (χ1n) is 9.67. The van der Waals surface area contributed by atoms with Crippen molar-refractivity contribution in [3.63, 3.8) is 0 Å². The minimum absolute atomic E-state index is 0.123. The third-order valence-electron chi connectivity index (χ3n) is 6.08. The predicted octanol–water partition coefficient (Wildman–Crippen LogP) is 5.48. The van der Waals surface area contributed by atoms with E-state index in [1.165, 1.54) is 32.8 Å². The monoisotopic (exact) mass is 353 g/mol. The number of hydrogen-bond acceptors (Lipinski definition) is 2. The minimum atomic E-state index is -0.355. The number of benzene rings is 4. The highest BCUT2D eigenvalue weighted by Gasteiger charge is 2.42. The number of rotatable bonds is 3. The summed E-state index contributed by atoms with van der Waals surface area (Å²) in [6.07, 6.45) is 2.05. The molecule has 0 amide bonds. The van der Waals surface area contributed by atoms with Gasteiger partial charge >= 0.3 is 0 Å². The van der Waals surface area contributed by atoms with Crippen molar-refractivity contribution in [3.05, 3.63) is 90.5 Å². The minimum Gasteiger partial charge on any atom is -0.394 e. The summed E-state index contributed by atoms with van der Waals surface area (Å²) in [6.45, 7) is 1.09. The number of aliphatic hydroxyl groups excluding tert-OH is 1. The molecular formula is C25H23NO. The second-order valence-corrected chi connectivity index (χ2v) is 7.54. The Balaban J connectivity index is 1.64. The normalized spacial score (nSPS) is 19.8. The van der Waals surface area contributed by atoms with E-state index in [4.69, 9.17) is 0 Å². The highest BCUT2D eigenvalue weighted by atomic mass is 16.3. The molecule has 2 nitrogen and oxygen atoms in total. The quantitative estimate of drug-likeness (QED) is 0.527. The smallest absolute Gasteiger partial charge is 0.0884 e. The highest BCUT2D eigenvalue weighted by Crippen LogP contribution is 2.43.